The van der Waals surface area contributed by atoms with E-state index in [2.05, 4.69) is 51.8 Å². The van der Waals surface area contributed by atoms with Crippen LogP contribution in [0.1, 0.15) is 84.5 Å². The van der Waals surface area contributed by atoms with Gasteiger partial charge in [-0.1, -0.05) is 44.9 Å². The van der Waals surface area contributed by atoms with E-state index in [0.29, 0.717) is 5.41 Å². The van der Waals surface area contributed by atoms with Gasteiger partial charge in [0.15, 0.2) is 0 Å². The summed E-state index contributed by atoms with van der Waals surface area (Å²) in [7, 11) is 0. The molecule has 0 fully saturated rings. The van der Waals surface area contributed by atoms with Crippen LogP contribution in [0.4, 0.5) is 0 Å². The van der Waals surface area contributed by atoms with Gasteiger partial charge in [-0.05, 0) is 69.1 Å². The van der Waals surface area contributed by atoms with Gasteiger partial charge in [-0.25, -0.2) is 0 Å². The molecular weight excluding hydrogens is 252 g/mol. The highest BCUT2D eigenvalue weighted by atomic mass is 14.3. The number of hydrogen-bond donors (Lipinski definition) is 0. The van der Waals surface area contributed by atoms with Gasteiger partial charge in [0.2, 0.25) is 0 Å². The molecule has 0 radical (unpaired) electrons. The topological polar surface area (TPSA) is 0 Å². The van der Waals surface area contributed by atoms with Crippen molar-refractivity contribution < 1.29 is 0 Å². The van der Waals surface area contributed by atoms with E-state index in [1.807, 2.05) is 0 Å². The first-order valence-electron chi connectivity index (χ1n) is 8.96. The third-order valence-electron chi connectivity index (χ3n) is 4.61. The van der Waals surface area contributed by atoms with Crippen LogP contribution in [0.3, 0.4) is 0 Å². The van der Waals surface area contributed by atoms with Crippen molar-refractivity contribution in [1.82, 2.24) is 0 Å². The van der Waals surface area contributed by atoms with E-state index in [-0.39, 0.29) is 0 Å². The first-order chi connectivity index (χ1) is 10.1. The lowest BCUT2D eigenvalue weighted by molar-refractivity contribution is 0.157. The maximum absolute atomic E-state index is 3.91. The minimum atomic E-state index is 0.543. The Morgan fingerprint density at radius 1 is 0.857 bits per heavy atom. The Bertz CT molecular complexity index is 276. The predicted octanol–water partition coefficient (Wildman–Crippen LogP) is 7.48. The Hall–Kier alpha value is -0.780. The van der Waals surface area contributed by atoms with Crippen molar-refractivity contribution in [3.05, 3.63) is 38.0 Å². The summed E-state index contributed by atoms with van der Waals surface area (Å²) in [6, 6.07) is 0. The van der Waals surface area contributed by atoms with Gasteiger partial charge in [-0.15, -0.1) is 19.7 Å². The van der Waals surface area contributed by atoms with E-state index in [9.17, 15) is 0 Å². The maximum Gasteiger partial charge on any atom is -0.0295 e. The lowest BCUT2D eigenvalue weighted by Gasteiger charge is -2.36. The monoisotopic (exact) mass is 290 g/mol. The molecule has 0 amide bonds. The zero-order chi connectivity index (χ0) is 16.0. The summed E-state index contributed by atoms with van der Waals surface area (Å²) in [5, 5.41) is 0. The first-order valence-corrected chi connectivity index (χ1v) is 8.96. The Kier molecular flexibility index (Phi) is 12.4. The van der Waals surface area contributed by atoms with Crippen LogP contribution in [0.15, 0.2) is 38.0 Å². The van der Waals surface area contributed by atoms with Gasteiger partial charge in [-0.3, -0.25) is 0 Å². The fraction of sp³-hybridized carbons (Fsp3) is 0.714. The standard InChI is InChI=1S/C21H38/c1-6-10-12-14-18-21(16-9-4,17-13-11-7-2)19-20(5)15-8-3/h6-8,20H,1-3,9-19H2,4-5H3. The van der Waals surface area contributed by atoms with E-state index in [1.165, 1.54) is 51.4 Å². The van der Waals surface area contributed by atoms with Crippen LogP contribution in [0, 0.1) is 11.3 Å². The van der Waals surface area contributed by atoms with Gasteiger partial charge in [0.25, 0.3) is 0 Å². The van der Waals surface area contributed by atoms with Crippen molar-refractivity contribution in [2.75, 3.05) is 0 Å². The Morgan fingerprint density at radius 2 is 1.48 bits per heavy atom. The summed E-state index contributed by atoms with van der Waals surface area (Å²) in [5.74, 6) is 0.761. The molecule has 0 rings (SSSR count). The van der Waals surface area contributed by atoms with Crippen molar-refractivity contribution >= 4 is 0 Å². The molecule has 0 nitrogen and oxygen atoms in total. The second-order valence-corrected chi connectivity index (χ2v) is 6.80. The second-order valence-electron chi connectivity index (χ2n) is 6.80. The molecule has 0 N–H and O–H groups in total. The van der Waals surface area contributed by atoms with Crippen LogP contribution in [-0.2, 0) is 0 Å². The number of hydrogen-bond acceptors (Lipinski definition) is 0. The van der Waals surface area contributed by atoms with Gasteiger partial charge < -0.3 is 0 Å². The molecule has 0 aliphatic heterocycles. The third kappa shape index (κ3) is 9.72. The lowest BCUT2D eigenvalue weighted by atomic mass is 9.69. The molecule has 0 aliphatic carbocycles. The second kappa shape index (κ2) is 12.9. The number of unbranched alkanes of at least 4 members (excludes halogenated alkanes) is 3. The smallest absolute Gasteiger partial charge is 0.0295 e. The van der Waals surface area contributed by atoms with Crippen molar-refractivity contribution in [2.24, 2.45) is 11.3 Å². The SMILES string of the molecule is C=CCCCCC(CCC)(CCCC=C)CC(C)CC=C. The molecule has 0 heterocycles. The molecule has 0 spiro atoms. The summed E-state index contributed by atoms with van der Waals surface area (Å²) >= 11 is 0. The minimum absolute atomic E-state index is 0.543. The molecule has 0 bridgehead atoms. The van der Waals surface area contributed by atoms with Crippen LogP contribution in [0.2, 0.25) is 0 Å². The van der Waals surface area contributed by atoms with Crippen LogP contribution >= 0.6 is 0 Å². The van der Waals surface area contributed by atoms with Crippen LogP contribution in [0.5, 0.6) is 0 Å². The molecule has 0 saturated carbocycles. The molecule has 2 atom stereocenters. The fourth-order valence-corrected chi connectivity index (χ4v) is 3.73. The fourth-order valence-electron chi connectivity index (χ4n) is 3.73. The molecule has 21 heavy (non-hydrogen) atoms. The highest BCUT2D eigenvalue weighted by molar-refractivity contribution is 4.85. The average Bonchev–Trinajstić information content (AvgIpc) is 2.44. The van der Waals surface area contributed by atoms with Crippen molar-refractivity contribution in [1.29, 1.82) is 0 Å². The summed E-state index contributed by atoms with van der Waals surface area (Å²) < 4.78 is 0. The lowest BCUT2D eigenvalue weighted by Crippen LogP contribution is -2.24. The van der Waals surface area contributed by atoms with Crippen molar-refractivity contribution in [2.45, 2.75) is 84.5 Å². The molecule has 0 saturated heterocycles. The third-order valence-corrected chi connectivity index (χ3v) is 4.61. The molecule has 0 aromatic heterocycles. The van der Waals surface area contributed by atoms with Crippen LogP contribution in [-0.4, -0.2) is 0 Å². The van der Waals surface area contributed by atoms with Gasteiger partial charge >= 0.3 is 0 Å². The summed E-state index contributed by atoms with van der Waals surface area (Å²) in [4.78, 5) is 0. The minimum Gasteiger partial charge on any atom is -0.103 e. The Balaban J connectivity index is 4.70. The van der Waals surface area contributed by atoms with Gasteiger partial charge in [-0.2, -0.15) is 0 Å². The zero-order valence-corrected chi connectivity index (χ0v) is 14.7. The number of allylic oxidation sites excluding steroid dienone is 3. The Labute approximate surface area is 134 Å². The summed E-state index contributed by atoms with van der Waals surface area (Å²) in [6.07, 6.45) is 20.4. The van der Waals surface area contributed by atoms with E-state index < -0.39 is 0 Å². The molecule has 0 aliphatic rings. The highest BCUT2D eigenvalue weighted by Gasteiger charge is 2.29. The van der Waals surface area contributed by atoms with Crippen molar-refractivity contribution in [3.63, 3.8) is 0 Å². The summed E-state index contributed by atoms with van der Waals surface area (Å²) in [6.45, 7) is 16.4. The molecular formula is C21H38. The maximum atomic E-state index is 3.91. The van der Waals surface area contributed by atoms with Gasteiger partial charge in [0.05, 0.1) is 0 Å². The van der Waals surface area contributed by atoms with E-state index >= 15 is 0 Å². The highest BCUT2D eigenvalue weighted by Crippen LogP contribution is 2.42. The molecule has 0 heteroatoms. The zero-order valence-electron chi connectivity index (χ0n) is 14.7. The summed E-state index contributed by atoms with van der Waals surface area (Å²) in [5.41, 5.74) is 0.543. The van der Waals surface area contributed by atoms with E-state index in [1.54, 1.807) is 0 Å². The average molecular weight is 291 g/mol. The normalized spacial score (nSPS) is 15.1. The predicted molar refractivity (Wildman–Crippen MR) is 98.6 cm³/mol. The van der Waals surface area contributed by atoms with Crippen molar-refractivity contribution in [3.8, 4) is 0 Å². The molecule has 0 aromatic rings. The largest absolute Gasteiger partial charge is 0.103 e. The Morgan fingerprint density at radius 3 is 2.05 bits per heavy atom. The van der Waals surface area contributed by atoms with Gasteiger partial charge in [0.1, 0.15) is 0 Å². The molecule has 0 aromatic carbocycles. The molecule has 2 unspecified atom stereocenters. The van der Waals surface area contributed by atoms with E-state index in [4.69, 9.17) is 0 Å². The van der Waals surface area contributed by atoms with Gasteiger partial charge in [0, 0.05) is 0 Å². The van der Waals surface area contributed by atoms with Crippen LogP contribution < -0.4 is 0 Å². The number of rotatable bonds is 15. The van der Waals surface area contributed by atoms with Crippen LogP contribution in [0.25, 0.3) is 0 Å². The van der Waals surface area contributed by atoms with E-state index in [0.717, 1.165) is 25.2 Å². The first kappa shape index (κ1) is 20.2. The quantitative estimate of drug-likeness (QED) is 0.217. The molecule has 122 valence electrons.